The van der Waals surface area contributed by atoms with Gasteiger partial charge >= 0.3 is 0 Å². The van der Waals surface area contributed by atoms with Gasteiger partial charge in [-0.2, -0.15) is 0 Å². The molecule has 6 aliphatic rings. The Morgan fingerprint density at radius 3 is 1.93 bits per heavy atom. The molecule has 4 fully saturated rings. The number of allylic oxidation sites excluding steroid dienone is 4. The summed E-state index contributed by atoms with van der Waals surface area (Å²) in [7, 11) is 0. The lowest BCUT2D eigenvalue weighted by Gasteiger charge is -2.57. The fourth-order valence-corrected chi connectivity index (χ4v) is 13.5. The Morgan fingerprint density at radius 2 is 1.13 bits per heavy atom. The number of ether oxygens (including phenoxy) is 1. The van der Waals surface area contributed by atoms with E-state index >= 15 is 0 Å². The maximum absolute atomic E-state index is 6.91. The lowest BCUT2D eigenvalue weighted by atomic mass is 9.48. The van der Waals surface area contributed by atoms with Gasteiger partial charge in [-0.3, -0.25) is 0 Å². The van der Waals surface area contributed by atoms with E-state index in [2.05, 4.69) is 164 Å². The van der Waals surface area contributed by atoms with E-state index in [1.807, 2.05) is 11.3 Å². The number of nitrogens with zero attached hydrogens (tertiary/aromatic N) is 2. The number of thiophene rings is 1. The van der Waals surface area contributed by atoms with Crippen molar-refractivity contribution < 1.29 is 4.74 Å². The molecule has 2 unspecified atom stereocenters. The summed E-state index contributed by atoms with van der Waals surface area (Å²) in [4.78, 5) is 10.8. The minimum Gasteiger partial charge on any atom is -0.456 e. The first-order chi connectivity index (χ1) is 29.6. The molecule has 5 aliphatic carbocycles. The maximum atomic E-state index is 6.91. The minimum absolute atomic E-state index is 0.163. The monoisotopic (exact) mass is 792 g/mol. The number of aromatic nitrogens is 2. The zero-order chi connectivity index (χ0) is 39.4. The zero-order valence-corrected chi connectivity index (χ0v) is 34.2. The lowest BCUT2D eigenvalue weighted by Crippen LogP contribution is -2.48. The quantitative estimate of drug-likeness (QED) is 0.178. The molecular weight excluding hydrogens is 749 g/mol. The third-order valence-corrected chi connectivity index (χ3v) is 15.9. The van der Waals surface area contributed by atoms with Crippen molar-refractivity contribution in [1.29, 1.82) is 0 Å². The number of hydrogen-bond donors (Lipinski definition) is 0. The molecule has 2 atom stereocenters. The molecule has 4 bridgehead atoms. The van der Waals surface area contributed by atoms with Crippen LogP contribution in [0.4, 0.5) is 0 Å². The van der Waals surface area contributed by atoms with Crippen LogP contribution >= 0.6 is 11.3 Å². The predicted octanol–water partition coefficient (Wildman–Crippen LogP) is 15.1. The van der Waals surface area contributed by atoms with Crippen LogP contribution in [0.1, 0.15) is 67.1 Å². The van der Waals surface area contributed by atoms with Gasteiger partial charge in [0.25, 0.3) is 0 Å². The first-order valence-electron chi connectivity index (χ1n) is 21.9. The van der Waals surface area contributed by atoms with Gasteiger partial charge in [0.05, 0.1) is 11.4 Å². The maximum Gasteiger partial charge on any atom is 0.160 e. The normalized spacial score (nSPS) is 24.5. The van der Waals surface area contributed by atoms with Gasteiger partial charge in [-0.05, 0) is 127 Å². The number of benzene rings is 6. The molecule has 0 N–H and O–H groups in total. The molecule has 1 aliphatic heterocycles. The van der Waals surface area contributed by atoms with Crippen molar-refractivity contribution in [1.82, 2.24) is 9.97 Å². The standard InChI is InChI=1S/C56H44N2OS/c1-3-11-43-41(9-1)42-10-2-4-12-44(42)47-29-39(19-23-52(47)59-51-15-7-5-13-45(43)51)55-57-49(30-50(58-55)38-20-24-54-48(28-38)46-14-6-8-16-53(46)60-54)37-17-21-40(22-18-37)56-31-34-25-35(32-56)27-36(26-34)33-56/h1-24,28-30,34-36,41,43H,25-27,31-33H2. The fraction of sp³-hybridized carbons (Fsp3) is 0.214. The van der Waals surface area contributed by atoms with Crippen LogP contribution in [0.2, 0.25) is 0 Å². The Balaban J connectivity index is 0.968. The van der Waals surface area contributed by atoms with E-state index in [-0.39, 0.29) is 11.8 Å². The molecule has 60 heavy (non-hydrogen) atoms. The second-order valence-corrected chi connectivity index (χ2v) is 19.4. The molecule has 0 amide bonds. The van der Waals surface area contributed by atoms with E-state index in [0.29, 0.717) is 11.2 Å². The molecule has 0 spiro atoms. The van der Waals surface area contributed by atoms with Crippen LogP contribution in [0.25, 0.3) is 65.2 Å². The first-order valence-corrected chi connectivity index (χ1v) is 22.7. The lowest BCUT2D eigenvalue weighted by molar-refractivity contribution is -0.00518. The van der Waals surface area contributed by atoms with Crippen LogP contribution < -0.4 is 4.74 Å². The second kappa shape index (κ2) is 13.5. The Labute approximate surface area is 355 Å². The van der Waals surface area contributed by atoms with E-state index in [9.17, 15) is 0 Å². The molecular formula is C56H44N2OS. The van der Waals surface area contributed by atoms with E-state index in [4.69, 9.17) is 14.7 Å². The zero-order valence-electron chi connectivity index (χ0n) is 33.4. The number of fused-ring (bicyclic) bond motifs is 10. The van der Waals surface area contributed by atoms with Crippen LogP contribution in [-0.4, -0.2) is 9.97 Å². The van der Waals surface area contributed by atoms with Crippen LogP contribution in [-0.2, 0) is 5.41 Å². The summed E-state index contributed by atoms with van der Waals surface area (Å²) in [5, 5.41) is 2.56. The van der Waals surface area contributed by atoms with E-state index < -0.39 is 0 Å². The van der Waals surface area contributed by atoms with E-state index in [1.54, 1.807) is 0 Å². The average molecular weight is 793 g/mol. The summed E-state index contributed by atoms with van der Waals surface area (Å²) < 4.78 is 9.51. The Bertz CT molecular complexity index is 3040. The third-order valence-electron chi connectivity index (χ3n) is 14.7. The van der Waals surface area contributed by atoms with E-state index in [1.165, 1.54) is 81.0 Å². The van der Waals surface area contributed by atoms with Gasteiger partial charge in [0, 0.05) is 59.8 Å². The second-order valence-electron chi connectivity index (χ2n) is 18.3. The fourth-order valence-electron chi connectivity index (χ4n) is 12.4. The van der Waals surface area contributed by atoms with Crippen molar-refractivity contribution in [3.8, 4) is 56.5 Å². The highest BCUT2D eigenvalue weighted by Gasteiger charge is 2.51. The summed E-state index contributed by atoms with van der Waals surface area (Å²) in [6.07, 6.45) is 17.5. The average Bonchev–Trinajstić information content (AvgIpc) is 3.68. The number of rotatable bonds is 4. The molecule has 0 saturated heterocycles. The molecule has 0 radical (unpaired) electrons. The summed E-state index contributed by atoms with van der Waals surface area (Å²) in [5.74, 6) is 5.51. The Morgan fingerprint density at radius 1 is 0.500 bits per heavy atom. The molecule has 3 nitrogen and oxygen atoms in total. The predicted molar refractivity (Wildman–Crippen MR) is 247 cm³/mol. The van der Waals surface area contributed by atoms with Gasteiger partial charge in [0.2, 0.25) is 0 Å². The largest absolute Gasteiger partial charge is 0.456 e. The molecule has 14 rings (SSSR count). The third kappa shape index (κ3) is 5.60. The van der Waals surface area contributed by atoms with Crippen LogP contribution in [0.3, 0.4) is 0 Å². The van der Waals surface area contributed by atoms with Crippen molar-refractivity contribution in [2.75, 3.05) is 0 Å². The molecule has 290 valence electrons. The van der Waals surface area contributed by atoms with Crippen LogP contribution in [0.15, 0.2) is 164 Å². The molecule has 8 aromatic rings. The van der Waals surface area contributed by atoms with E-state index in [0.717, 1.165) is 62.9 Å². The number of hydrogen-bond acceptors (Lipinski definition) is 4. The summed E-state index contributed by atoms with van der Waals surface area (Å²) in [5.41, 5.74) is 11.6. The van der Waals surface area contributed by atoms with Crippen LogP contribution in [0, 0.1) is 17.8 Å². The van der Waals surface area contributed by atoms with Crippen molar-refractivity contribution in [3.63, 3.8) is 0 Å². The minimum atomic E-state index is 0.163. The van der Waals surface area contributed by atoms with Crippen molar-refractivity contribution >= 4 is 31.5 Å². The van der Waals surface area contributed by atoms with Crippen LogP contribution in [0.5, 0.6) is 11.5 Å². The highest BCUT2D eigenvalue weighted by molar-refractivity contribution is 7.25. The smallest absolute Gasteiger partial charge is 0.160 e. The van der Waals surface area contributed by atoms with Gasteiger partial charge in [-0.15, -0.1) is 11.3 Å². The molecule has 3 heterocycles. The van der Waals surface area contributed by atoms with Crippen molar-refractivity contribution in [3.05, 3.63) is 181 Å². The van der Waals surface area contributed by atoms with Gasteiger partial charge in [-0.25, -0.2) is 9.97 Å². The van der Waals surface area contributed by atoms with Gasteiger partial charge < -0.3 is 4.74 Å². The highest BCUT2D eigenvalue weighted by atomic mass is 32.1. The highest BCUT2D eigenvalue weighted by Crippen LogP contribution is 2.61. The SMILES string of the molecule is C1=CC2c3ccccc3Oc3ccc(-c4nc(-c5ccc(C67CC8CC(CC(C8)C6)C7)cc5)cc(-c5ccc6sc7ccccc7c6c5)n4)cc3-c3ccccc3C2C=C1. The summed E-state index contributed by atoms with van der Waals surface area (Å²) in [6.45, 7) is 0. The molecule has 4 saturated carbocycles. The molecule has 2 aromatic heterocycles. The molecule has 4 heteroatoms. The van der Waals surface area contributed by atoms with Gasteiger partial charge in [0.1, 0.15) is 11.5 Å². The first kappa shape index (κ1) is 34.7. The van der Waals surface area contributed by atoms with Gasteiger partial charge in [-0.1, -0.05) is 115 Å². The van der Waals surface area contributed by atoms with Crippen molar-refractivity contribution in [2.24, 2.45) is 17.8 Å². The van der Waals surface area contributed by atoms with Gasteiger partial charge in [0.15, 0.2) is 5.82 Å². The Kier molecular flexibility index (Phi) is 7.79. The number of para-hydroxylation sites is 1. The topological polar surface area (TPSA) is 35.0 Å². The Hall–Kier alpha value is -6.10. The summed E-state index contributed by atoms with van der Waals surface area (Å²) in [6, 6.07) is 51.2. The summed E-state index contributed by atoms with van der Waals surface area (Å²) >= 11 is 1.85. The molecule has 6 aromatic carbocycles. The van der Waals surface area contributed by atoms with Crippen molar-refractivity contribution in [2.45, 2.75) is 55.8 Å².